The average molecular weight is 264 g/mol. The van der Waals surface area contributed by atoms with E-state index in [1.165, 1.54) is 0 Å². The number of nitrogens with two attached hydrogens (primary N) is 1. The molecule has 1 fully saturated rings. The van der Waals surface area contributed by atoms with Crippen molar-refractivity contribution in [2.24, 2.45) is 11.7 Å². The van der Waals surface area contributed by atoms with Gasteiger partial charge in [-0.2, -0.15) is 0 Å². The number of rotatable bonds is 8. The fourth-order valence-corrected chi connectivity index (χ4v) is 1.43. The molecule has 1 rings (SSSR count). The Balaban J connectivity index is 2.31. The SMILES string of the molecule is NC(=O)CCN(CC1CC1)C(=O)NOCCCl. The predicted octanol–water partition coefficient (Wildman–Crippen LogP) is 0.454. The molecule has 0 bridgehead atoms. The summed E-state index contributed by atoms with van der Waals surface area (Å²) < 4.78 is 0. The molecule has 0 unspecified atom stereocenters. The quantitative estimate of drug-likeness (QED) is 0.379. The van der Waals surface area contributed by atoms with Crippen LogP contribution in [0.1, 0.15) is 19.3 Å². The lowest BCUT2D eigenvalue weighted by Crippen LogP contribution is -2.42. The van der Waals surface area contributed by atoms with Crippen molar-refractivity contribution in [3.05, 3.63) is 0 Å². The molecule has 3 N–H and O–H groups in total. The van der Waals surface area contributed by atoms with E-state index in [0.29, 0.717) is 24.9 Å². The number of carbonyl (C=O) groups excluding carboxylic acids is 2. The molecule has 3 amide bonds. The van der Waals surface area contributed by atoms with Crippen LogP contribution in [0.25, 0.3) is 0 Å². The first-order valence-electron chi connectivity index (χ1n) is 5.64. The Morgan fingerprint density at radius 3 is 2.71 bits per heavy atom. The number of carbonyl (C=O) groups is 2. The van der Waals surface area contributed by atoms with Gasteiger partial charge in [0.1, 0.15) is 0 Å². The Kier molecular flexibility index (Phi) is 6.07. The first kappa shape index (κ1) is 14.1. The van der Waals surface area contributed by atoms with Crippen LogP contribution in [0.5, 0.6) is 0 Å². The number of alkyl halides is 1. The lowest BCUT2D eigenvalue weighted by Gasteiger charge is -2.21. The number of hydroxylamine groups is 1. The Bertz CT molecular complexity index is 272. The van der Waals surface area contributed by atoms with Crippen LogP contribution in [-0.4, -0.2) is 42.4 Å². The molecule has 0 saturated heterocycles. The number of hydrogen-bond acceptors (Lipinski definition) is 3. The van der Waals surface area contributed by atoms with Crippen molar-refractivity contribution < 1.29 is 14.4 Å². The summed E-state index contributed by atoms with van der Waals surface area (Å²) in [5.74, 6) is 0.436. The molecule has 1 aliphatic rings. The third-order valence-electron chi connectivity index (χ3n) is 2.43. The van der Waals surface area contributed by atoms with E-state index in [-0.39, 0.29) is 19.1 Å². The number of halogens is 1. The molecule has 0 aromatic rings. The van der Waals surface area contributed by atoms with Gasteiger partial charge in [-0.05, 0) is 18.8 Å². The van der Waals surface area contributed by atoms with Crippen LogP contribution in [0.3, 0.4) is 0 Å². The van der Waals surface area contributed by atoms with Gasteiger partial charge in [0.2, 0.25) is 5.91 Å². The number of nitrogens with zero attached hydrogens (tertiary/aromatic N) is 1. The molecule has 0 atom stereocenters. The normalized spacial score (nSPS) is 14.4. The highest BCUT2D eigenvalue weighted by molar-refractivity contribution is 6.17. The van der Waals surface area contributed by atoms with E-state index in [2.05, 4.69) is 5.48 Å². The summed E-state index contributed by atoms with van der Waals surface area (Å²) in [7, 11) is 0. The summed E-state index contributed by atoms with van der Waals surface area (Å²) in [6.45, 7) is 1.21. The van der Waals surface area contributed by atoms with Gasteiger partial charge in [0.05, 0.1) is 6.61 Å². The lowest BCUT2D eigenvalue weighted by molar-refractivity contribution is -0.118. The molecular weight excluding hydrogens is 246 g/mol. The molecule has 0 aliphatic heterocycles. The maximum absolute atomic E-state index is 11.7. The molecule has 7 heteroatoms. The first-order valence-corrected chi connectivity index (χ1v) is 6.18. The molecule has 1 aliphatic carbocycles. The lowest BCUT2D eigenvalue weighted by atomic mass is 10.3. The minimum absolute atomic E-state index is 0.162. The highest BCUT2D eigenvalue weighted by Gasteiger charge is 2.26. The van der Waals surface area contributed by atoms with E-state index in [1.807, 2.05) is 0 Å². The van der Waals surface area contributed by atoms with Crippen LogP contribution in [0.4, 0.5) is 4.79 Å². The monoisotopic (exact) mass is 263 g/mol. The fraction of sp³-hybridized carbons (Fsp3) is 0.800. The molecule has 0 aromatic carbocycles. The largest absolute Gasteiger partial charge is 0.370 e. The number of nitrogens with one attached hydrogen (secondary N) is 1. The van der Waals surface area contributed by atoms with Gasteiger partial charge in [0.25, 0.3) is 0 Å². The Morgan fingerprint density at radius 1 is 1.47 bits per heavy atom. The van der Waals surface area contributed by atoms with E-state index in [9.17, 15) is 9.59 Å². The van der Waals surface area contributed by atoms with Crippen LogP contribution in [0, 0.1) is 5.92 Å². The van der Waals surface area contributed by atoms with Gasteiger partial charge < -0.3 is 10.6 Å². The van der Waals surface area contributed by atoms with Gasteiger partial charge in [0, 0.05) is 25.4 Å². The summed E-state index contributed by atoms with van der Waals surface area (Å²) in [5, 5.41) is 0. The van der Waals surface area contributed by atoms with E-state index >= 15 is 0 Å². The van der Waals surface area contributed by atoms with Gasteiger partial charge in [-0.3, -0.25) is 9.63 Å². The number of hydrogen-bond donors (Lipinski definition) is 2. The molecule has 0 heterocycles. The predicted molar refractivity (Wildman–Crippen MR) is 63.3 cm³/mol. The van der Waals surface area contributed by atoms with Gasteiger partial charge in [0.15, 0.2) is 0 Å². The van der Waals surface area contributed by atoms with Crippen molar-refractivity contribution in [1.82, 2.24) is 10.4 Å². The summed E-state index contributed by atoms with van der Waals surface area (Å²) in [5.41, 5.74) is 7.35. The molecule has 17 heavy (non-hydrogen) atoms. The molecule has 98 valence electrons. The van der Waals surface area contributed by atoms with Crippen LogP contribution in [-0.2, 0) is 9.63 Å². The van der Waals surface area contributed by atoms with E-state index < -0.39 is 5.91 Å². The van der Waals surface area contributed by atoms with E-state index in [1.54, 1.807) is 4.90 Å². The average Bonchev–Trinajstić information content (AvgIpc) is 3.07. The Hall–Kier alpha value is -1.01. The maximum atomic E-state index is 11.7. The second-order valence-electron chi connectivity index (χ2n) is 4.05. The fourth-order valence-electron chi connectivity index (χ4n) is 1.35. The number of urea groups is 1. The third kappa shape index (κ3) is 6.33. The molecule has 0 aromatic heterocycles. The molecule has 0 spiro atoms. The summed E-state index contributed by atoms with van der Waals surface area (Å²) >= 11 is 5.41. The summed E-state index contributed by atoms with van der Waals surface area (Å²) in [6, 6.07) is -0.344. The molecule has 6 nitrogen and oxygen atoms in total. The zero-order valence-corrected chi connectivity index (χ0v) is 10.4. The number of primary amides is 1. The number of amides is 3. The van der Waals surface area contributed by atoms with Crippen LogP contribution in [0.2, 0.25) is 0 Å². The van der Waals surface area contributed by atoms with Gasteiger partial charge in [-0.1, -0.05) is 0 Å². The standard InChI is InChI=1S/C10H18ClN3O3/c11-4-6-17-13-10(16)14(5-3-9(12)15)7-8-1-2-8/h8H,1-7H2,(H2,12,15)(H,13,16). The van der Waals surface area contributed by atoms with E-state index in [4.69, 9.17) is 22.2 Å². The van der Waals surface area contributed by atoms with Crippen molar-refractivity contribution in [3.63, 3.8) is 0 Å². The Morgan fingerprint density at radius 2 is 2.18 bits per heavy atom. The minimum Gasteiger partial charge on any atom is -0.370 e. The van der Waals surface area contributed by atoms with Crippen LogP contribution >= 0.6 is 11.6 Å². The molecule has 0 radical (unpaired) electrons. The smallest absolute Gasteiger partial charge is 0.341 e. The highest BCUT2D eigenvalue weighted by atomic mass is 35.5. The second kappa shape index (κ2) is 7.34. The zero-order valence-electron chi connectivity index (χ0n) is 9.65. The van der Waals surface area contributed by atoms with Crippen molar-refractivity contribution in [2.75, 3.05) is 25.6 Å². The van der Waals surface area contributed by atoms with Gasteiger partial charge in [-0.25, -0.2) is 10.3 Å². The van der Waals surface area contributed by atoms with Crippen molar-refractivity contribution in [2.45, 2.75) is 19.3 Å². The molecule has 1 saturated carbocycles. The van der Waals surface area contributed by atoms with Crippen LogP contribution in [0.15, 0.2) is 0 Å². The second-order valence-corrected chi connectivity index (χ2v) is 4.43. The minimum atomic E-state index is -0.416. The molecular formula is C10H18ClN3O3. The van der Waals surface area contributed by atoms with E-state index in [0.717, 1.165) is 12.8 Å². The topological polar surface area (TPSA) is 84.7 Å². The highest BCUT2D eigenvalue weighted by Crippen LogP contribution is 2.29. The first-order chi connectivity index (χ1) is 8.13. The van der Waals surface area contributed by atoms with Gasteiger partial charge in [-0.15, -0.1) is 11.6 Å². The third-order valence-corrected chi connectivity index (χ3v) is 2.58. The van der Waals surface area contributed by atoms with Crippen molar-refractivity contribution >= 4 is 23.5 Å². The summed E-state index contributed by atoms with van der Waals surface area (Å²) in [4.78, 5) is 28.8. The zero-order chi connectivity index (χ0) is 12.7. The van der Waals surface area contributed by atoms with Crippen molar-refractivity contribution in [3.8, 4) is 0 Å². The van der Waals surface area contributed by atoms with Crippen molar-refractivity contribution in [1.29, 1.82) is 0 Å². The van der Waals surface area contributed by atoms with Crippen LogP contribution < -0.4 is 11.2 Å². The Labute approximate surface area is 105 Å². The maximum Gasteiger partial charge on any atom is 0.341 e. The summed E-state index contributed by atoms with van der Waals surface area (Å²) in [6.07, 6.45) is 2.42. The van der Waals surface area contributed by atoms with Gasteiger partial charge >= 0.3 is 6.03 Å².